The Morgan fingerprint density at radius 3 is 2.20 bits per heavy atom. The number of benzene rings is 1. The first-order valence-corrected chi connectivity index (χ1v) is 10.4. The Bertz CT molecular complexity index is 691. The maximum atomic E-state index is 12.5. The Morgan fingerprint density at radius 1 is 1.20 bits per heavy atom. The van der Waals surface area contributed by atoms with E-state index in [4.69, 9.17) is 5.73 Å². The van der Waals surface area contributed by atoms with Crippen molar-refractivity contribution < 1.29 is 13.2 Å². The van der Waals surface area contributed by atoms with Crippen molar-refractivity contribution in [3.8, 4) is 0 Å². The third kappa shape index (κ3) is 4.22. The van der Waals surface area contributed by atoms with Crippen molar-refractivity contribution in [2.75, 3.05) is 13.1 Å². The molecule has 1 unspecified atom stereocenters. The molecule has 1 saturated carbocycles. The summed E-state index contributed by atoms with van der Waals surface area (Å²) in [6, 6.07) is 6.47. The van der Waals surface area contributed by atoms with Gasteiger partial charge in [-0.25, -0.2) is 8.42 Å². The summed E-state index contributed by atoms with van der Waals surface area (Å²) in [6.07, 6.45) is 3.39. The van der Waals surface area contributed by atoms with Crippen LogP contribution in [0.15, 0.2) is 29.2 Å². The number of sulfonamides is 1. The number of rotatable bonds is 7. The van der Waals surface area contributed by atoms with Gasteiger partial charge in [-0.2, -0.15) is 4.31 Å². The molecule has 25 heavy (non-hydrogen) atoms. The van der Waals surface area contributed by atoms with Crippen LogP contribution in [0.3, 0.4) is 0 Å². The molecule has 7 heteroatoms. The van der Waals surface area contributed by atoms with E-state index < -0.39 is 15.6 Å². The van der Waals surface area contributed by atoms with E-state index in [1.54, 1.807) is 24.3 Å². The van der Waals surface area contributed by atoms with Crippen LogP contribution in [-0.2, 0) is 14.8 Å². The van der Waals surface area contributed by atoms with Crippen LogP contribution in [0.1, 0.15) is 58.1 Å². The second-order valence-electron chi connectivity index (χ2n) is 6.72. The number of hydrogen-bond donors (Lipinski definition) is 2. The lowest BCUT2D eigenvalue weighted by atomic mass is 9.97. The van der Waals surface area contributed by atoms with Gasteiger partial charge in [-0.3, -0.25) is 4.79 Å². The van der Waals surface area contributed by atoms with E-state index in [0.717, 1.165) is 18.4 Å². The molecule has 0 spiro atoms. The second kappa shape index (κ2) is 7.85. The monoisotopic (exact) mass is 367 g/mol. The number of amides is 1. The molecule has 1 fully saturated rings. The molecule has 0 radical (unpaired) electrons. The van der Waals surface area contributed by atoms with E-state index in [1.165, 1.54) is 4.31 Å². The summed E-state index contributed by atoms with van der Waals surface area (Å²) in [5.41, 5.74) is 6.27. The predicted molar refractivity (Wildman–Crippen MR) is 98.5 cm³/mol. The van der Waals surface area contributed by atoms with Gasteiger partial charge >= 0.3 is 0 Å². The lowest BCUT2D eigenvalue weighted by Gasteiger charge is -2.25. The molecule has 3 N–H and O–H groups in total. The van der Waals surface area contributed by atoms with Gasteiger partial charge in [0.15, 0.2) is 0 Å². The van der Waals surface area contributed by atoms with Crippen LogP contribution in [0.25, 0.3) is 0 Å². The molecule has 1 aliphatic carbocycles. The molecule has 1 aliphatic rings. The van der Waals surface area contributed by atoms with Gasteiger partial charge in [0.2, 0.25) is 15.9 Å². The summed E-state index contributed by atoms with van der Waals surface area (Å²) in [7, 11) is -3.46. The standard InChI is InChI=1S/C18H29N3O3S/c1-4-21(5-2)25(23,24)16-10-8-15(9-11-16)14(3)20-17(22)18(19)12-6-7-13-18/h8-11,14H,4-7,12-13,19H2,1-3H3,(H,20,22). The first-order chi connectivity index (χ1) is 11.7. The van der Waals surface area contributed by atoms with Crippen molar-refractivity contribution >= 4 is 15.9 Å². The molecular formula is C18H29N3O3S. The van der Waals surface area contributed by atoms with Crippen molar-refractivity contribution in [1.29, 1.82) is 0 Å². The zero-order valence-corrected chi connectivity index (χ0v) is 16.1. The van der Waals surface area contributed by atoms with Gasteiger partial charge in [-0.05, 0) is 37.5 Å². The van der Waals surface area contributed by atoms with E-state index in [2.05, 4.69) is 5.32 Å². The molecular weight excluding hydrogens is 338 g/mol. The summed E-state index contributed by atoms with van der Waals surface area (Å²) in [5, 5.41) is 2.96. The van der Waals surface area contributed by atoms with Gasteiger partial charge in [0, 0.05) is 13.1 Å². The third-order valence-corrected chi connectivity index (χ3v) is 7.08. The van der Waals surface area contributed by atoms with Crippen molar-refractivity contribution in [1.82, 2.24) is 9.62 Å². The molecule has 1 aromatic rings. The molecule has 1 atom stereocenters. The van der Waals surface area contributed by atoms with Gasteiger partial charge < -0.3 is 11.1 Å². The number of nitrogens with one attached hydrogen (secondary N) is 1. The highest BCUT2D eigenvalue weighted by atomic mass is 32.2. The van der Waals surface area contributed by atoms with Gasteiger partial charge in [0.1, 0.15) is 0 Å². The van der Waals surface area contributed by atoms with Crippen LogP contribution in [0.4, 0.5) is 0 Å². The molecule has 140 valence electrons. The van der Waals surface area contributed by atoms with E-state index in [0.29, 0.717) is 25.9 Å². The molecule has 0 bridgehead atoms. The lowest BCUT2D eigenvalue weighted by Crippen LogP contribution is -2.52. The molecule has 0 aromatic heterocycles. The summed E-state index contributed by atoms with van der Waals surface area (Å²) in [6.45, 7) is 6.39. The Morgan fingerprint density at radius 2 is 1.72 bits per heavy atom. The number of hydrogen-bond acceptors (Lipinski definition) is 4. The fourth-order valence-electron chi connectivity index (χ4n) is 3.30. The van der Waals surface area contributed by atoms with Crippen LogP contribution >= 0.6 is 0 Å². The third-order valence-electron chi connectivity index (χ3n) is 5.02. The summed E-state index contributed by atoms with van der Waals surface area (Å²) >= 11 is 0. The summed E-state index contributed by atoms with van der Waals surface area (Å²) in [4.78, 5) is 12.7. The van der Waals surface area contributed by atoms with Crippen molar-refractivity contribution in [2.45, 2.75) is 62.9 Å². The van der Waals surface area contributed by atoms with Crippen LogP contribution in [0, 0.1) is 0 Å². The molecule has 0 aliphatic heterocycles. The average molecular weight is 368 g/mol. The largest absolute Gasteiger partial charge is 0.348 e. The van der Waals surface area contributed by atoms with E-state index in [-0.39, 0.29) is 16.8 Å². The minimum Gasteiger partial charge on any atom is -0.348 e. The maximum absolute atomic E-state index is 12.5. The van der Waals surface area contributed by atoms with Crippen LogP contribution in [-0.4, -0.2) is 37.3 Å². The predicted octanol–water partition coefficient (Wildman–Crippen LogP) is 2.17. The fourth-order valence-corrected chi connectivity index (χ4v) is 4.76. The first kappa shape index (κ1) is 19.9. The number of carbonyl (C=O) groups is 1. The van der Waals surface area contributed by atoms with Crippen molar-refractivity contribution in [3.63, 3.8) is 0 Å². The highest BCUT2D eigenvalue weighted by molar-refractivity contribution is 7.89. The molecule has 1 aromatic carbocycles. The molecule has 2 rings (SSSR count). The quantitative estimate of drug-likeness (QED) is 0.772. The molecule has 0 heterocycles. The Labute approximate surface area is 150 Å². The highest BCUT2D eigenvalue weighted by Gasteiger charge is 2.37. The maximum Gasteiger partial charge on any atom is 0.243 e. The molecule has 6 nitrogen and oxygen atoms in total. The lowest BCUT2D eigenvalue weighted by molar-refractivity contribution is -0.126. The zero-order valence-electron chi connectivity index (χ0n) is 15.3. The fraction of sp³-hybridized carbons (Fsp3) is 0.611. The Balaban J connectivity index is 2.10. The van der Waals surface area contributed by atoms with E-state index in [9.17, 15) is 13.2 Å². The van der Waals surface area contributed by atoms with Gasteiger partial charge in [0.05, 0.1) is 16.5 Å². The average Bonchev–Trinajstić information content (AvgIpc) is 3.04. The van der Waals surface area contributed by atoms with Crippen LogP contribution in [0.5, 0.6) is 0 Å². The Hall–Kier alpha value is -1.44. The van der Waals surface area contributed by atoms with E-state index in [1.807, 2.05) is 20.8 Å². The minimum absolute atomic E-state index is 0.127. The second-order valence-corrected chi connectivity index (χ2v) is 8.65. The van der Waals surface area contributed by atoms with Crippen molar-refractivity contribution in [3.05, 3.63) is 29.8 Å². The van der Waals surface area contributed by atoms with Gasteiger partial charge in [-0.1, -0.05) is 38.8 Å². The topological polar surface area (TPSA) is 92.5 Å². The zero-order chi connectivity index (χ0) is 18.7. The molecule has 0 saturated heterocycles. The van der Waals surface area contributed by atoms with Crippen LogP contribution in [0.2, 0.25) is 0 Å². The SMILES string of the molecule is CCN(CC)S(=O)(=O)c1ccc(C(C)NC(=O)C2(N)CCCC2)cc1. The Kier molecular flexibility index (Phi) is 6.24. The van der Waals surface area contributed by atoms with Gasteiger partial charge in [0.25, 0.3) is 0 Å². The molecule has 1 amide bonds. The first-order valence-electron chi connectivity index (χ1n) is 8.94. The number of nitrogens with two attached hydrogens (primary N) is 1. The summed E-state index contributed by atoms with van der Waals surface area (Å²) in [5.74, 6) is -0.127. The number of carbonyl (C=O) groups excluding carboxylic acids is 1. The summed E-state index contributed by atoms with van der Waals surface area (Å²) < 4.78 is 26.4. The van der Waals surface area contributed by atoms with Crippen molar-refractivity contribution in [2.24, 2.45) is 5.73 Å². The smallest absolute Gasteiger partial charge is 0.243 e. The highest BCUT2D eigenvalue weighted by Crippen LogP contribution is 2.28. The minimum atomic E-state index is -3.46. The van der Waals surface area contributed by atoms with E-state index >= 15 is 0 Å². The number of nitrogens with zero attached hydrogens (tertiary/aromatic N) is 1. The van der Waals surface area contributed by atoms with Gasteiger partial charge in [-0.15, -0.1) is 0 Å². The van der Waals surface area contributed by atoms with Crippen LogP contribution < -0.4 is 11.1 Å². The normalized spacial score (nSPS) is 18.3.